The first kappa shape index (κ1) is 22.2. The molecule has 172 valence electrons. The van der Waals surface area contributed by atoms with Gasteiger partial charge in [-0.3, -0.25) is 4.98 Å². The number of hydrogen-bond acceptors (Lipinski definition) is 3. The van der Waals surface area contributed by atoms with Crippen LogP contribution in [0.1, 0.15) is 60.4 Å². The second-order valence-corrected chi connectivity index (χ2v) is 9.77. The third-order valence-corrected chi connectivity index (χ3v) is 7.59. The monoisotopic (exact) mass is 480 g/mol. The summed E-state index contributed by atoms with van der Waals surface area (Å²) in [4.78, 5) is 7.14. The van der Waals surface area contributed by atoms with Gasteiger partial charge < -0.3 is 19.5 Å². The number of thiocarbonyl (C=S) groups is 1. The van der Waals surface area contributed by atoms with E-state index >= 15 is 0 Å². The molecule has 1 saturated carbocycles. The molecule has 2 unspecified atom stereocenters. The Morgan fingerprint density at radius 3 is 2.61 bits per heavy atom. The van der Waals surface area contributed by atoms with Crippen molar-refractivity contribution in [3.63, 3.8) is 0 Å². The number of benzene rings is 1. The number of hydrogen-bond donors (Lipinski definition) is 1. The van der Waals surface area contributed by atoms with Crippen LogP contribution in [-0.2, 0) is 0 Å². The normalized spacial score (nSPS) is 21.0. The van der Waals surface area contributed by atoms with Gasteiger partial charge in [0.15, 0.2) is 5.11 Å². The van der Waals surface area contributed by atoms with Gasteiger partial charge in [-0.25, -0.2) is 0 Å². The highest BCUT2D eigenvalue weighted by molar-refractivity contribution is 7.80. The Labute approximate surface area is 205 Å². The number of rotatable bonds is 5. The smallest absolute Gasteiger partial charge is 0.170 e. The molecular weight excluding hydrogens is 452 g/mol. The van der Waals surface area contributed by atoms with E-state index in [0.29, 0.717) is 11.1 Å². The number of aromatic nitrogens is 2. The Morgan fingerprint density at radius 2 is 1.91 bits per heavy atom. The second kappa shape index (κ2) is 8.99. The lowest BCUT2D eigenvalue weighted by Crippen LogP contribution is -2.37. The van der Waals surface area contributed by atoms with E-state index in [2.05, 4.69) is 40.8 Å². The number of halogens is 1. The third kappa shape index (κ3) is 3.89. The van der Waals surface area contributed by atoms with Gasteiger partial charge in [-0.1, -0.05) is 30.5 Å². The first-order valence-corrected chi connectivity index (χ1v) is 12.3. The molecule has 1 aliphatic carbocycles. The predicted molar refractivity (Wildman–Crippen MR) is 136 cm³/mol. The Kier molecular flexibility index (Phi) is 6.06. The van der Waals surface area contributed by atoms with E-state index in [4.69, 9.17) is 33.5 Å². The Hall–Kier alpha value is -2.57. The fourth-order valence-electron chi connectivity index (χ4n) is 5.57. The van der Waals surface area contributed by atoms with E-state index in [-0.39, 0.29) is 12.1 Å². The second-order valence-electron chi connectivity index (χ2n) is 8.95. The van der Waals surface area contributed by atoms with E-state index in [1.54, 1.807) is 7.11 Å². The van der Waals surface area contributed by atoms with Crippen molar-refractivity contribution in [1.82, 2.24) is 19.8 Å². The molecule has 0 radical (unpaired) electrons. The van der Waals surface area contributed by atoms with E-state index in [9.17, 15) is 0 Å². The molecule has 7 heteroatoms. The Bertz CT molecular complexity index is 1170. The van der Waals surface area contributed by atoms with Gasteiger partial charge >= 0.3 is 0 Å². The number of ether oxygens (including phenoxy) is 1. The van der Waals surface area contributed by atoms with Gasteiger partial charge in [-0.15, -0.1) is 0 Å². The van der Waals surface area contributed by atoms with Crippen molar-refractivity contribution < 1.29 is 4.74 Å². The van der Waals surface area contributed by atoms with Gasteiger partial charge in [0.1, 0.15) is 5.75 Å². The summed E-state index contributed by atoms with van der Waals surface area (Å²) in [7, 11) is 1.69. The minimum absolute atomic E-state index is 0.00509. The molecule has 1 N–H and O–H groups in total. The quantitative estimate of drug-likeness (QED) is 0.449. The van der Waals surface area contributed by atoms with Crippen molar-refractivity contribution in [2.45, 2.75) is 57.7 Å². The summed E-state index contributed by atoms with van der Waals surface area (Å²) in [6.07, 6.45) is 6.71. The van der Waals surface area contributed by atoms with Crippen LogP contribution in [-0.4, -0.2) is 32.7 Å². The molecule has 3 heterocycles. The highest BCUT2D eigenvalue weighted by atomic mass is 35.5. The van der Waals surface area contributed by atoms with E-state index in [0.717, 1.165) is 33.6 Å². The van der Waals surface area contributed by atoms with Crippen molar-refractivity contribution >= 4 is 28.9 Å². The lowest BCUT2D eigenvalue weighted by molar-refractivity contribution is 0.245. The lowest BCUT2D eigenvalue weighted by atomic mass is 9.95. The maximum Gasteiger partial charge on any atom is 0.170 e. The van der Waals surface area contributed by atoms with Crippen molar-refractivity contribution in [1.29, 1.82) is 0 Å². The maximum atomic E-state index is 6.38. The molecule has 0 amide bonds. The van der Waals surface area contributed by atoms with Gasteiger partial charge in [0.2, 0.25) is 0 Å². The highest BCUT2D eigenvalue weighted by Crippen LogP contribution is 2.45. The van der Waals surface area contributed by atoms with Crippen LogP contribution in [0.25, 0.3) is 5.69 Å². The van der Waals surface area contributed by atoms with Crippen LogP contribution in [0.4, 0.5) is 0 Å². The molecule has 2 atom stereocenters. The molecule has 1 aliphatic heterocycles. The molecule has 2 aromatic heterocycles. The molecule has 5 nitrogen and oxygen atoms in total. The number of methoxy groups -OCH3 is 1. The number of nitrogens with zero attached hydrogens (tertiary/aromatic N) is 3. The minimum atomic E-state index is -0.00509. The Balaban J connectivity index is 1.66. The summed E-state index contributed by atoms with van der Waals surface area (Å²) in [6.45, 7) is 4.31. The Morgan fingerprint density at radius 1 is 1.12 bits per heavy atom. The van der Waals surface area contributed by atoms with Crippen LogP contribution in [0, 0.1) is 13.8 Å². The molecule has 2 aliphatic rings. The molecule has 1 aromatic carbocycles. The summed E-state index contributed by atoms with van der Waals surface area (Å²) < 4.78 is 7.92. The first-order valence-electron chi connectivity index (χ1n) is 11.5. The van der Waals surface area contributed by atoms with Crippen LogP contribution >= 0.6 is 23.8 Å². The third-order valence-electron chi connectivity index (χ3n) is 7.02. The van der Waals surface area contributed by atoms with Gasteiger partial charge in [0.05, 0.1) is 30.6 Å². The standard InChI is InChI=1S/C26H29ClN4OS/c1-16-14-20(17(2)30(16)22-15-18(27)11-12-23(22)32-3)25-24(21-10-6-7-13-28-21)29-26(33)31(25)19-8-4-5-9-19/h6-7,10-15,19,24-25H,4-5,8-9H2,1-3H3,(H,29,33). The van der Waals surface area contributed by atoms with E-state index in [1.807, 2.05) is 36.5 Å². The summed E-state index contributed by atoms with van der Waals surface area (Å²) in [5.74, 6) is 0.793. The predicted octanol–water partition coefficient (Wildman–Crippen LogP) is 6.07. The van der Waals surface area contributed by atoms with Crippen LogP contribution in [0.15, 0.2) is 48.7 Å². The summed E-state index contributed by atoms with van der Waals surface area (Å²) in [5, 5.41) is 5.12. The SMILES string of the molecule is COc1ccc(Cl)cc1-n1c(C)cc(C2C(c3ccccn3)NC(=S)N2C2CCCC2)c1C. The fraction of sp³-hybridized carbons (Fsp3) is 0.385. The van der Waals surface area contributed by atoms with Crippen LogP contribution in [0.3, 0.4) is 0 Å². The molecular formula is C26H29ClN4OS. The maximum absolute atomic E-state index is 6.38. The minimum Gasteiger partial charge on any atom is -0.495 e. The molecule has 0 spiro atoms. The number of pyridine rings is 1. The average molecular weight is 481 g/mol. The summed E-state index contributed by atoms with van der Waals surface area (Å²) >= 11 is 12.3. The summed E-state index contributed by atoms with van der Waals surface area (Å²) in [5.41, 5.74) is 5.50. The van der Waals surface area contributed by atoms with Crippen molar-refractivity contribution in [3.8, 4) is 11.4 Å². The summed E-state index contributed by atoms with van der Waals surface area (Å²) in [6, 6.07) is 14.6. The average Bonchev–Trinajstić information content (AvgIpc) is 3.52. The zero-order valence-electron chi connectivity index (χ0n) is 19.2. The van der Waals surface area contributed by atoms with Crippen molar-refractivity contribution in [2.75, 3.05) is 7.11 Å². The molecule has 3 aromatic rings. The van der Waals surface area contributed by atoms with Crippen LogP contribution in [0.2, 0.25) is 5.02 Å². The van der Waals surface area contributed by atoms with Gasteiger partial charge in [0, 0.05) is 28.6 Å². The van der Waals surface area contributed by atoms with Gasteiger partial charge in [-0.05, 0) is 80.9 Å². The topological polar surface area (TPSA) is 42.3 Å². The zero-order chi connectivity index (χ0) is 23.1. The molecule has 0 bridgehead atoms. The largest absolute Gasteiger partial charge is 0.495 e. The zero-order valence-corrected chi connectivity index (χ0v) is 20.8. The highest BCUT2D eigenvalue weighted by Gasteiger charge is 2.44. The molecule has 2 fully saturated rings. The number of nitrogens with one attached hydrogen (secondary N) is 1. The van der Waals surface area contributed by atoms with E-state index in [1.165, 1.54) is 31.2 Å². The number of aryl methyl sites for hydroxylation is 1. The first-order chi connectivity index (χ1) is 16.0. The molecule has 5 rings (SSSR count). The fourth-order valence-corrected chi connectivity index (χ4v) is 6.13. The van der Waals surface area contributed by atoms with Gasteiger partial charge in [0.25, 0.3) is 0 Å². The molecule has 33 heavy (non-hydrogen) atoms. The van der Waals surface area contributed by atoms with Crippen LogP contribution in [0.5, 0.6) is 5.75 Å². The lowest BCUT2D eigenvalue weighted by Gasteiger charge is -2.33. The van der Waals surface area contributed by atoms with E-state index < -0.39 is 0 Å². The molecule has 1 saturated heterocycles. The van der Waals surface area contributed by atoms with Crippen LogP contribution < -0.4 is 10.1 Å². The van der Waals surface area contributed by atoms with Crippen molar-refractivity contribution in [3.05, 3.63) is 76.3 Å². The van der Waals surface area contributed by atoms with Gasteiger partial charge in [-0.2, -0.15) is 0 Å². The van der Waals surface area contributed by atoms with Crippen molar-refractivity contribution in [2.24, 2.45) is 0 Å².